The normalized spacial score (nSPS) is 10.9. The summed E-state index contributed by atoms with van der Waals surface area (Å²) in [4.78, 5) is 39.7. The van der Waals surface area contributed by atoms with E-state index in [1.54, 1.807) is 37.4 Å². The van der Waals surface area contributed by atoms with E-state index in [1.165, 1.54) is 0 Å². The van der Waals surface area contributed by atoms with Crippen LogP contribution in [0, 0.1) is 13.8 Å². The summed E-state index contributed by atoms with van der Waals surface area (Å²) in [5, 5.41) is 8.89. The van der Waals surface area contributed by atoms with E-state index in [0.29, 0.717) is 17.2 Å². The van der Waals surface area contributed by atoms with Gasteiger partial charge in [0.1, 0.15) is 5.82 Å². The zero-order chi connectivity index (χ0) is 19.8. The third-order valence-electron chi connectivity index (χ3n) is 3.43. The smallest absolute Gasteiger partial charge is 0.318 e. The van der Waals surface area contributed by atoms with Gasteiger partial charge in [-0.15, -0.1) is 0 Å². The number of rotatable bonds is 5. The second kappa shape index (κ2) is 9.23. The highest BCUT2D eigenvalue weighted by Crippen LogP contribution is 2.09. The molecule has 2 rings (SSSR count). The number of carbonyl (C=O) groups is 3. The lowest BCUT2D eigenvalue weighted by atomic mass is 10.2. The molecule has 0 atom stereocenters. The maximum atomic E-state index is 12.0. The van der Waals surface area contributed by atoms with Crippen LogP contribution in [0.2, 0.25) is 0 Å². The Kier molecular flexibility index (Phi) is 6.76. The quantitative estimate of drug-likeness (QED) is 0.427. The van der Waals surface area contributed by atoms with Crippen LogP contribution in [0.4, 0.5) is 11.5 Å². The number of anilines is 2. The summed E-state index contributed by atoms with van der Waals surface area (Å²) in [6, 6.07) is 10.6. The van der Waals surface area contributed by atoms with E-state index >= 15 is 0 Å². The molecule has 0 aliphatic carbocycles. The van der Waals surface area contributed by atoms with Crippen LogP contribution in [0.3, 0.4) is 0 Å². The number of benzene rings is 1. The summed E-state index contributed by atoms with van der Waals surface area (Å²) in [6.45, 7) is 5.34. The van der Waals surface area contributed by atoms with Gasteiger partial charge in [-0.3, -0.25) is 14.4 Å². The molecular weight excluding hydrogens is 346 g/mol. The molecule has 1 aromatic carbocycles. The Morgan fingerprint density at radius 2 is 1.74 bits per heavy atom. The molecule has 2 aromatic rings. The van der Waals surface area contributed by atoms with Crippen molar-refractivity contribution in [3.63, 3.8) is 0 Å². The zero-order valence-electron chi connectivity index (χ0n) is 15.4. The first-order valence-corrected chi connectivity index (χ1v) is 8.27. The summed E-state index contributed by atoms with van der Waals surface area (Å²) in [7, 11) is 0. The van der Waals surface area contributed by atoms with Crippen LogP contribution in [0.25, 0.3) is 0 Å². The van der Waals surface area contributed by atoms with Gasteiger partial charge in [-0.1, -0.05) is 12.1 Å². The van der Waals surface area contributed by atoms with Gasteiger partial charge in [-0.05, 0) is 56.2 Å². The van der Waals surface area contributed by atoms with Gasteiger partial charge in [-0.25, -0.2) is 10.4 Å². The van der Waals surface area contributed by atoms with Crippen LogP contribution >= 0.6 is 0 Å². The highest BCUT2D eigenvalue weighted by Gasteiger charge is 2.13. The lowest BCUT2D eigenvalue weighted by Gasteiger charge is -2.06. The molecule has 3 amide bonds. The van der Waals surface area contributed by atoms with E-state index in [1.807, 2.05) is 26.0 Å². The highest BCUT2D eigenvalue weighted by atomic mass is 16.2. The largest absolute Gasteiger partial charge is 0.329 e. The molecule has 140 valence electrons. The third kappa shape index (κ3) is 6.69. The maximum absolute atomic E-state index is 12.0. The van der Waals surface area contributed by atoms with E-state index < -0.39 is 11.8 Å². The van der Waals surface area contributed by atoms with Crippen molar-refractivity contribution >= 4 is 34.9 Å². The molecule has 0 unspecified atom stereocenters. The van der Waals surface area contributed by atoms with Crippen LogP contribution in [0.5, 0.6) is 0 Å². The molecule has 0 bridgehead atoms. The van der Waals surface area contributed by atoms with Crippen molar-refractivity contribution in [2.75, 3.05) is 10.6 Å². The number of aromatic nitrogens is 1. The molecule has 0 aliphatic rings. The number of nitrogens with one attached hydrogen (secondary N) is 3. The second-order valence-corrected chi connectivity index (χ2v) is 6.05. The first kappa shape index (κ1) is 19.8. The van der Waals surface area contributed by atoms with Gasteiger partial charge in [0.05, 0.1) is 6.42 Å². The standard InChI is InChI=1S/C19H21N5O3/c1-12-5-4-6-15(9-12)21-18(26)19(27)24-23-14(3)11-17(25)22-16-10-13(2)7-8-20-16/h4-10H,11H2,1-3H3,(H,21,26)(H,24,27)(H,20,22,25). The Hall–Kier alpha value is -3.55. The molecule has 0 saturated heterocycles. The van der Waals surface area contributed by atoms with E-state index in [4.69, 9.17) is 0 Å². The molecule has 1 aromatic heterocycles. The summed E-state index contributed by atoms with van der Waals surface area (Å²) < 4.78 is 0. The first-order chi connectivity index (χ1) is 12.8. The monoisotopic (exact) mass is 367 g/mol. The fourth-order valence-electron chi connectivity index (χ4n) is 2.17. The van der Waals surface area contributed by atoms with Crippen molar-refractivity contribution in [3.8, 4) is 0 Å². The molecule has 8 nitrogen and oxygen atoms in total. The molecule has 0 saturated carbocycles. The van der Waals surface area contributed by atoms with Crippen LogP contribution in [-0.2, 0) is 14.4 Å². The number of amides is 3. The Labute approximate surface area is 157 Å². The van der Waals surface area contributed by atoms with Crippen molar-refractivity contribution < 1.29 is 14.4 Å². The fraction of sp³-hybridized carbons (Fsp3) is 0.211. The van der Waals surface area contributed by atoms with Gasteiger partial charge < -0.3 is 10.6 Å². The van der Waals surface area contributed by atoms with Crippen molar-refractivity contribution in [3.05, 3.63) is 53.7 Å². The number of aryl methyl sites for hydroxylation is 2. The number of pyridine rings is 1. The van der Waals surface area contributed by atoms with Gasteiger partial charge in [0.15, 0.2) is 0 Å². The topological polar surface area (TPSA) is 113 Å². The number of hydrazone groups is 1. The SMILES string of the molecule is CC(CC(=O)Nc1cc(C)ccn1)=NNC(=O)C(=O)Nc1cccc(C)c1. The Bertz CT molecular complexity index is 892. The van der Waals surface area contributed by atoms with E-state index in [0.717, 1.165) is 11.1 Å². The van der Waals surface area contributed by atoms with Crippen LogP contribution in [0.15, 0.2) is 47.7 Å². The fourth-order valence-corrected chi connectivity index (χ4v) is 2.17. The minimum Gasteiger partial charge on any atom is -0.318 e. The van der Waals surface area contributed by atoms with Gasteiger partial charge >= 0.3 is 11.8 Å². The lowest BCUT2D eigenvalue weighted by molar-refractivity contribution is -0.136. The summed E-state index contributed by atoms with van der Waals surface area (Å²) in [5.41, 5.74) is 4.92. The molecule has 0 spiro atoms. The van der Waals surface area contributed by atoms with E-state index in [9.17, 15) is 14.4 Å². The van der Waals surface area contributed by atoms with Crippen LogP contribution < -0.4 is 16.1 Å². The molecule has 1 heterocycles. The third-order valence-corrected chi connectivity index (χ3v) is 3.43. The predicted molar refractivity (Wildman–Crippen MR) is 103 cm³/mol. The summed E-state index contributed by atoms with van der Waals surface area (Å²) in [6.07, 6.45) is 1.55. The number of nitrogens with zero attached hydrogens (tertiary/aromatic N) is 2. The molecule has 0 fully saturated rings. The van der Waals surface area contributed by atoms with E-state index in [2.05, 4.69) is 26.1 Å². The molecule has 0 aliphatic heterocycles. The van der Waals surface area contributed by atoms with Crippen molar-refractivity contribution in [1.29, 1.82) is 0 Å². The Morgan fingerprint density at radius 1 is 1.00 bits per heavy atom. The lowest BCUT2D eigenvalue weighted by Crippen LogP contribution is -2.33. The summed E-state index contributed by atoms with van der Waals surface area (Å²) >= 11 is 0. The second-order valence-electron chi connectivity index (χ2n) is 6.05. The first-order valence-electron chi connectivity index (χ1n) is 8.27. The van der Waals surface area contributed by atoms with Gasteiger partial charge in [0, 0.05) is 17.6 Å². The molecule has 8 heteroatoms. The average Bonchev–Trinajstić information content (AvgIpc) is 2.59. The summed E-state index contributed by atoms with van der Waals surface area (Å²) in [5.74, 6) is -1.65. The van der Waals surface area contributed by atoms with E-state index in [-0.39, 0.29) is 12.3 Å². The van der Waals surface area contributed by atoms with Crippen molar-refractivity contribution in [2.45, 2.75) is 27.2 Å². The van der Waals surface area contributed by atoms with Gasteiger partial charge in [0.2, 0.25) is 5.91 Å². The number of carbonyl (C=O) groups excluding carboxylic acids is 3. The molecule has 27 heavy (non-hydrogen) atoms. The highest BCUT2D eigenvalue weighted by molar-refractivity contribution is 6.39. The molecular formula is C19H21N5O3. The van der Waals surface area contributed by atoms with Crippen molar-refractivity contribution in [2.24, 2.45) is 5.10 Å². The minimum absolute atomic E-state index is 0.0462. The maximum Gasteiger partial charge on any atom is 0.329 e. The van der Waals surface area contributed by atoms with Gasteiger partial charge in [0.25, 0.3) is 0 Å². The van der Waals surface area contributed by atoms with Crippen molar-refractivity contribution in [1.82, 2.24) is 10.4 Å². The molecule has 3 N–H and O–H groups in total. The number of hydrogen-bond donors (Lipinski definition) is 3. The molecule has 0 radical (unpaired) electrons. The minimum atomic E-state index is -0.920. The van der Waals surface area contributed by atoms with Crippen LogP contribution in [0.1, 0.15) is 24.5 Å². The van der Waals surface area contributed by atoms with Gasteiger partial charge in [-0.2, -0.15) is 5.10 Å². The Balaban J connectivity index is 1.83. The number of hydrogen-bond acceptors (Lipinski definition) is 5. The zero-order valence-corrected chi connectivity index (χ0v) is 15.4. The van der Waals surface area contributed by atoms with Crippen LogP contribution in [-0.4, -0.2) is 28.4 Å². The Morgan fingerprint density at radius 3 is 2.44 bits per heavy atom. The predicted octanol–water partition coefficient (Wildman–Crippen LogP) is 2.16. The average molecular weight is 367 g/mol.